The lowest BCUT2D eigenvalue weighted by molar-refractivity contribution is 0.324. The number of nitriles is 1. The largest absolute Gasteiger partial charge is 0.544 e. The fraction of sp³-hybridized carbons (Fsp3) is 0.588. The summed E-state index contributed by atoms with van der Waals surface area (Å²) in [6.07, 6.45) is 3.16. The van der Waals surface area contributed by atoms with Gasteiger partial charge in [0.15, 0.2) is 0 Å². The van der Waals surface area contributed by atoms with E-state index < -0.39 is 8.32 Å². The predicted molar refractivity (Wildman–Crippen MR) is 85.3 cm³/mol. The van der Waals surface area contributed by atoms with Crippen molar-refractivity contribution in [3.8, 4) is 11.8 Å². The highest BCUT2D eigenvalue weighted by atomic mass is 28.4. The molecule has 0 saturated heterocycles. The molecule has 1 saturated carbocycles. The van der Waals surface area contributed by atoms with Gasteiger partial charge in [0, 0.05) is 0 Å². The molecule has 1 aliphatic carbocycles. The van der Waals surface area contributed by atoms with E-state index in [0.29, 0.717) is 5.92 Å². The second kappa shape index (κ2) is 5.61. The second-order valence-electron chi connectivity index (χ2n) is 7.03. The third-order valence-electron chi connectivity index (χ3n) is 4.12. The van der Waals surface area contributed by atoms with E-state index in [9.17, 15) is 5.26 Å². The molecule has 0 atom stereocenters. The van der Waals surface area contributed by atoms with Crippen molar-refractivity contribution in [2.75, 3.05) is 0 Å². The van der Waals surface area contributed by atoms with E-state index in [1.54, 1.807) is 0 Å². The van der Waals surface area contributed by atoms with Crippen molar-refractivity contribution in [3.05, 3.63) is 29.8 Å². The molecule has 1 aliphatic rings. The van der Waals surface area contributed by atoms with Gasteiger partial charge in [0.1, 0.15) is 5.75 Å². The second-order valence-corrected chi connectivity index (χ2v) is 11.2. The SMILES string of the molecule is CC(C)C[Si](C)(C)Oc1ccc(C2(C#N)CCC2)cc1. The van der Waals surface area contributed by atoms with E-state index in [0.717, 1.165) is 30.2 Å². The van der Waals surface area contributed by atoms with Gasteiger partial charge in [-0.05, 0) is 62.0 Å². The minimum atomic E-state index is -1.64. The van der Waals surface area contributed by atoms with E-state index >= 15 is 0 Å². The molecule has 1 aromatic rings. The topological polar surface area (TPSA) is 33.0 Å². The highest BCUT2D eigenvalue weighted by Gasteiger charge is 2.38. The normalized spacial score (nSPS) is 17.4. The Kier molecular flexibility index (Phi) is 4.24. The Labute approximate surface area is 123 Å². The highest BCUT2D eigenvalue weighted by molar-refractivity contribution is 6.71. The standard InChI is InChI=1S/C17H25NOSi/c1-14(2)12-20(3,4)19-16-8-6-15(7-9-16)17(13-18)10-5-11-17/h6-9,14H,5,10-12H2,1-4H3. The quantitative estimate of drug-likeness (QED) is 0.724. The Hall–Kier alpha value is -1.27. The van der Waals surface area contributed by atoms with Crippen LogP contribution in [0, 0.1) is 17.2 Å². The molecule has 0 bridgehead atoms. The molecule has 2 nitrogen and oxygen atoms in total. The van der Waals surface area contributed by atoms with Gasteiger partial charge in [-0.2, -0.15) is 5.26 Å². The van der Waals surface area contributed by atoms with Gasteiger partial charge in [0.25, 0.3) is 0 Å². The van der Waals surface area contributed by atoms with Crippen LogP contribution in [0.2, 0.25) is 19.1 Å². The van der Waals surface area contributed by atoms with Gasteiger partial charge in [-0.25, -0.2) is 0 Å². The Balaban J connectivity index is 2.07. The van der Waals surface area contributed by atoms with Crippen molar-refractivity contribution in [1.29, 1.82) is 5.26 Å². The maximum atomic E-state index is 9.37. The minimum absolute atomic E-state index is 0.219. The zero-order valence-corrected chi connectivity index (χ0v) is 14.1. The van der Waals surface area contributed by atoms with Gasteiger partial charge >= 0.3 is 0 Å². The summed E-state index contributed by atoms with van der Waals surface area (Å²) in [5, 5.41) is 9.37. The predicted octanol–water partition coefficient (Wildman–Crippen LogP) is 4.87. The molecule has 0 amide bonds. The maximum Gasteiger partial charge on any atom is 0.245 e. The first-order valence-corrected chi connectivity index (χ1v) is 10.7. The summed E-state index contributed by atoms with van der Waals surface area (Å²) in [7, 11) is -1.64. The zero-order chi connectivity index (χ0) is 14.8. The fourth-order valence-electron chi connectivity index (χ4n) is 3.18. The molecule has 1 aromatic carbocycles. The summed E-state index contributed by atoms with van der Waals surface area (Å²) < 4.78 is 6.22. The van der Waals surface area contributed by atoms with E-state index in [2.05, 4.69) is 45.1 Å². The first-order chi connectivity index (χ1) is 9.37. The monoisotopic (exact) mass is 287 g/mol. The van der Waals surface area contributed by atoms with Crippen molar-refractivity contribution in [3.63, 3.8) is 0 Å². The van der Waals surface area contributed by atoms with Crippen LogP contribution < -0.4 is 4.43 Å². The van der Waals surface area contributed by atoms with Crippen LogP contribution in [0.4, 0.5) is 0 Å². The van der Waals surface area contributed by atoms with Gasteiger partial charge in [-0.3, -0.25) is 0 Å². The molecule has 20 heavy (non-hydrogen) atoms. The molecule has 0 aliphatic heterocycles. The molecular formula is C17H25NOSi. The summed E-state index contributed by atoms with van der Waals surface area (Å²) in [5.41, 5.74) is 0.936. The number of hydrogen-bond acceptors (Lipinski definition) is 2. The highest BCUT2D eigenvalue weighted by Crippen LogP contribution is 2.43. The lowest BCUT2D eigenvalue weighted by atomic mass is 9.65. The Morgan fingerprint density at radius 3 is 2.25 bits per heavy atom. The Bertz CT molecular complexity index is 495. The summed E-state index contributed by atoms with van der Waals surface area (Å²) in [6.45, 7) is 9.02. The van der Waals surface area contributed by atoms with Crippen LogP contribution in [-0.2, 0) is 5.41 Å². The minimum Gasteiger partial charge on any atom is -0.544 e. The number of hydrogen-bond donors (Lipinski definition) is 0. The van der Waals surface area contributed by atoms with Gasteiger partial charge in [-0.1, -0.05) is 26.0 Å². The maximum absolute atomic E-state index is 9.37. The smallest absolute Gasteiger partial charge is 0.245 e. The molecule has 3 heteroatoms. The van der Waals surface area contributed by atoms with Crippen LogP contribution in [-0.4, -0.2) is 8.32 Å². The lowest BCUT2D eigenvalue weighted by Crippen LogP contribution is -2.35. The van der Waals surface area contributed by atoms with Gasteiger partial charge < -0.3 is 4.43 Å². The van der Waals surface area contributed by atoms with Gasteiger partial charge in [-0.15, -0.1) is 0 Å². The van der Waals surface area contributed by atoms with Gasteiger partial charge in [0.2, 0.25) is 8.32 Å². The Morgan fingerprint density at radius 2 is 1.85 bits per heavy atom. The number of nitrogens with zero attached hydrogens (tertiary/aromatic N) is 1. The molecule has 0 unspecified atom stereocenters. The van der Waals surface area contributed by atoms with Gasteiger partial charge in [0.05, 0.1) is 11.5 Å². The van der Waals surface area contributed by atoms with Crippen molar-refractivity contribution in [1.82, 2.24) is 0 Å². The molecule has 1 fully saturated rings. The Morgan fingerprint density at radius 1 is 1.25 bits per heavy atom. The molecule has 2 rings (SSSR count). The third kappa shape index (κ3) is 3.24. The molecule has 0 N–H and O–H groups in total. The van der Waals surface area contributed by atoms with Crippen molar-refractivity contribution in [2.24, 2.45) is 5.92 Å². The van der Waals surface area contributed by atoms with E-state index in [4.69, 9.17) is 4.43 Å². The molecule has 0 heterocycles. The van der Waals surface area contributed by atoms with E-state index in [1.165, 1.54) is 6.42 Å². The van der Waals surface area contributed by atoms with Crippen LogP contribution in [0.3, 0.4) is 0 Å². The van der Waals surface area contributed by atoms with E-state index in [1.807, 2.05) is 12.1 Å². The summed E-state index contributed by atoms with van der Waals surface area (Å²) in [6, 6.07) is 11.9. The molecule has 108 valence electrons. The first-order valence-electron chi connectivity index (χ1n) is 7.58. The third-order valence-corrected chi connectivity index (χ3v) is 6.71. The van der Waals surface area contributed by atoms with Crippen molar-refractivity contribution < 1.29 is 4.43 Å². The van der Waals surface area contributed by atoms with Crippen molar-refractivity contribution in [2.45, 2.75) is 57.7 Å². The van der Waals surface area contributed by atoms with E-state index in [-0.39, 0.29) is 5.41 Å². The summed E-state index contributed by atoms with van der Waals surface area (Å²) >= 11 is 0. The van der Waals surface area contributed by atoms with Crippen molar-refractivity contribution >= 4 is 8.32 Å². The molecular weight excluding hydrogens is 262 g/mol. The average Bonchev–Trinajstić information content (AvgIpc) is 2.28. The van der Waals surface area contributed by atoms with Crippen LogP contribution in [0.5, 0.6) is 5.75 Å². The van der Waals surface area contributed by atoms with Crippen LogP contribution in [0.1, 0.15) is 38.7 Å². The van der Waals surface area contributed by atoms with Crippen LogP contribution in [0.25, 0.3) is 0 Å². The number of benzene rings is 1. The fourth-order valence-corrected chi connectivity index (χ4v) is 6.01. The zero-order valence-electron chi connectivity index (χ0n) is 13.1. The lowest BCUT2D eigenvalue weighted by Gasteiger charge is -2.35. The van der Waals surface area contributed by atoms with Crippen LogP contribution >= 0.6 is 0 Å². The molecule has 0 aromatic heterocycles. The molecule has 0 radical (unpaired) electrons. The summed E-state index contributed by atoms with van der Waals surface area (Å²) in [5.74, 6) is 1.63. The van der Waals surface area contributed by atoms with Crippen LogP contribution in [0.15, 0.2) is 24.3 Å². The molecule has 0 spiro atoms. The first kappa shape index (κ1) is 15.1. The number of rotatable bonds is 5. The summed E-state index contributed by atoms with van der Waals surface area (Å²) in [4.78, 5) is 0. The average molecular weight is 287 g/mol.